The number of fused-ring (bicyclic) bond motifs is 2. The third-order valence-corrected chi connectivity index (χ3v) is 7.40. The molecule has 2 aliphatic rings. The van der Waals surface area contributed by atoms with Crippen LogP contribution in [0.3, 0.4) is 0 Å². The third kappa shape index (κ3) is 7.19. The largest absolute Gasteiger partial charge is 0.497 e. The summed E-state index contributed by atoms with van der Waals surface area (Å²) in [6.45, 7) is 0.929. The quantitative estimate of drug-likeness (QED) is 0.169. The van der Waals surface area contributed by atoms with Gasteiger partial charge in [-0.2, -0.15) is 0 Å². The van der Waals surface area contributed by atoms with Gasteiger partial charge in [-0.25, -0.2) is 9.69 Å². The number of ether oxygens (including phenoxy) is 5. The highest BCUT2D eigenvalue weighted by molar-refractivity contribution is 9.09. The summed E-state index contributed by atoms with van der Waals surface area (Å²) in [6, 6.07) is 9.42. The molecule has 0 spiro atoms. The third-order valence-electron chi connectivity index (χ3n) is 6.51. The highest BCUT2D eigenvalue weighted by Gasteiger charge is 2.48. The molecule has 4 rings (SSSR count). The summed E-state index contributed by atoms with van der Waals surface area (Å²) in [5.41, 5.74) is 1.74. The van der Waals surface area contributed by atoms with E-state index in [2.05, 4.69) is 15.9 Å². The van der Waals surface area contributed by atoms with Crippen LogP contribution < -0.4 is 19.1 Å². The Balaban J connectivity index is 1.87. The van der Waals surface area contributed by atoms with Crippen molar-refractivity contribution in [1.82, 2.24) is 4.90 Å². The first-order chi connectivity index (χ1) is 20.0. The fraction of sp³-hybridized carbons (Fsp3) is 0.393. The van der Waals surface area contributed by atoms with Gasteiger partial charge >= 0.3 is 12.1 Å². The molecule has 226 valence electrons. The van der Waals surface area contributed by atoms with Gasteiger partial charge < -0.3 is 28.6 Å². The molecule has 0 fully saturated rings. The average Bonchev–Trinajstić information content (AvgIpc) is 3.37. The Morgan fingerprint density at radius 3 is 2.38 bits per heavy atom. The van der Waals surface area contributed by atoms with E-state index < -0.39 is 40.6 Å². The van der Waals surface area contributed by atoms with Crippen LogP contribution in [0.1, 0.15) is 35.7 Å². The van der Waals surface area contributed by atoms with Crippen molar-refractivity contribution in [2.45, 2.75) is 35.8 Å². The number of nitrogens with zero attached hydrogens (tertiary/aromatic N) is 2. The number of methoxy groups -OCH3 is 2. The van der Waals surface area contributed by atoms with Crippen LogP contribution in [0.15, 0.2) is 42.6 Å². The molecule has 0 radical (unpaired) electrons. The second-order valence-electron chi connectivity index (χ2n) is 9.32. The number of hydrogen-bond acceptors (Lipinski definition) is 8. The summed E-state index contributed by atoms with van der Waals surface area (Å²) >= 11 is 20.9. The molecule has 0 aromatic heterocycles. The van der Waals surface area contributed by atoms with Crippen molar-refractivity contribution in [3.8, 4) is 17.2 Å². The van der Waals surface area contributed by atoms with E-state index in [1.165, 1.54) is 31.1 Å². The molecule has 0 bridgehead atoms. The molecule has 0 N–H and O–H groups in total. The molecule has 2 aliphatic heterocycles. The van der Waals surface area contributed by atoms with Gasteiger partial charge in [-0.3, -0.25) is 9.59 Å². The SMILES string of the molecule is COc1ccc(C2=CN3C(=O)c4cc(OC)c(OCCCBr)cc4N(C(=O)OCC(Cl)(Cl)Cl)[C@@H](OC(C)=O)[C@@H]3C2)cc1. The van der Waals surface area contributed by atoms with Crippen molar-refractivity contribution in [2.24, 2.45) is 0 Å². The topological polar surface area (TPSA) is 104 Å². The Morgan fingerprint density at radius 2 is 1.79 bits per heavy atom. The van der Waals surface area contributed by atoms with E-state index >= 15 is 0 Å². The molecule has 0 saturated heterocycles. The number of rotatable bonds is 9. The molecule has 14 heteroatoms. The smallest absolute Gasteiger partial charge is 0.417 e. The van der Waals surface area contributed by atoms with E-state index in [1.54, 1.807) is 25.4 Å². The standard InChI is InChI=1S/C28H28BrCl3N2O8/c1-16(35)42-26-22-11-18(17-5-7-19(38-2)8-6-17)14-33(22)25(36)20-12-23(39-3)24(40-10-4-9-29)13-21(20)34(26)27(37)41-15-28(30,31)32/h5-8,12-14,22,26H,4,9-11,15H2,1-3H3/t22-,26-/m0/s1. The van der Waals surface area contributed by atoms with Crippen molar-refractivity contribution in [3.63, 3.8) is 0 Å². The molecule has 2 aromatic rings. The molecule has 2 amide bonds. The molecule has 2 atom stereocenters. The van der Waals surface area contributed by atoms with E-state index in [1.807, 2.05) is 12.1 Å². The minimum Gasteiger partial charge on any atom is -0.497 e. The first-order valence-corrected chi connectivity index (χ1v) is 15.0. The van der Waals surface area contributed by atoms with Crippen molar-refractivity contribution in [2.75, 3.05) is 37.7 Å². The Kier molecular flexibility index (Phi) is 10.4. The number of esters is 1. The van der Waals surface area contributed by atoms with Crippen LogP contribution >= 0.6 is 50.7 Å². The van der Waals surface area contributed by atoms with E-state index in [4.69, 9.17) is 58.5 Å². The number of hydrogen-bond donors (Lipinski definition) is 0. The molecule has 2 aromatic carbocycles. The van der Waals surface area contributed by atoms with Gasteiger partial charge in [-0.1, -0.05) is 62.9 Å². The second kappa shape index (κ2) is 13.6. The Hall–Kier alpha value is -2.86. The summed E-state index contributed by atoms with van der Waals surface area (Å²) in [5.74, 6) is 0.0567. The Labute approximate surface area is 266 Å². The van der Waals surface area contributed by atoms with Crippen molar-refractivity contribution >= 4 is 80.0 Å². The number of alkyl halides is 4. The fourth-order valence-corrected chi connectivity index (χ4v) is 5.07. The van der Waals surface area contributed by atoms with Crippen LogP contribution in [0.5, 0.6) is 17.2 Å². The average molecular weight is 707 g/mol. The first kappa shape index (κ1) is 32.1. The lowest BCUT2D eigenvalue weighted by Crippen LogP contribution is -2.53. The molecule has 0 unspecified atom stereocenters. The van der Waals surface area contributed by atoms with Gasteiger partial charge in [-0.05, 0) is 35.8 Å². The van der Waals surface area contributed by atoms with Gasteiger partial charge in [0, 0.05) is 30.9 Å². The van der Waals surface area contributed by atoms with Crippen molar-refractivity contribution < 1.29 is 38.1 Å². The summed E-state index contributed by atoms with van der Waals surface area (Å²) in [6.07, 6.45) is 0.283. The summed E-state index contributed by atoms with van der Waals surface area (Å²) in [4.78, 5) is 42.8. The number of amides is 2. The van der Waals surface area contributed by atoms with E-state index in [0.717, 1.165) is 16.0 Å². The monoisotopic (exact) mass is 704 g/mol. The lowest BCUT2D eigenvalue weighted by Gasteiger charge is -2.34. The summed E-state index contributed by atoms with van der Waals surface area (Å²) in [7, 11) is 3.01. The van der Waals surface area contributed by atoms with E-state index in [9.17, 15) is 14.4 Å². The predicted octanol–water partition coefficient (Wildman–Crippen LogP) is 6.34. The minimum absolute atomic E-state index is 0.0732. The first-order valence-electron chi connectivity index (χ1n) is 12.8. The van der Waals surface area contributed by atoms with Crippen molar-refractivity contribution in [1.29, 1.82) is 0 Å². The maximum Gasteiger partial charge on any atom is 0.417 e. The van der Waals surface area contributed by atoms with Crippen LogP contribution in [0.25, 0.3) is 5.57 Å². The molecular formula is C28H28BrCl3N2O8. The van der Waals surface area contributed by atoms with Gasteiger partial charge in [-0.15, -0.1) is 0 Å². The van der Waals surface area contributed by atoms with Crippen LogP contribution in [0.2, 0.25) is 0 Å². The minimum atomic E-state index is -1.91. The lowest BCUT2D eigenvalue weighted by atomic mass is 10.0. The van der Waals surface area contributed by atoms with Crippen LogP contribution in [0.4, 0.5) is 10.5 Å². The molecule has 0 saturated carbocycles. The zero-order valence-corrected chi connectivity index (χ0v) is 26.8. The van der Waals surface area contributed by atoms with E-state index in [0.29, 0.717) is 24.1 Å². The molecule has 0 aliphatic carbocycles. The highest BCUT2D eigenvalue weighted by Crippen LogP contribution is 2.44. The van der Waals surface area contributed by atoms with Crippen LogP contribution in [-0.2, 0) is 14.3 Å². The normalized spacial score (nSPS) is 18.0. The maximum atomic E-state index is 14.1. The number of carbonyl (C=O) groups is 3. The second-order valence-corrected chi connectivity index (χ2v) is 12.6. The molecule has 2 heterocycles. The van der Waals surface area contributed by atoms with Gasteiger partial charge in [0.25, 0.3) is 5.91 Å². The van der Waals surface area contributed by atoms with Gasteiger partial charge in [0.05, 0.1) is 38.1 Å². The molecular weight excluding hydrogens is 679 g/mol. The van der Waals surface area contributed by atoms with E-state index in [-0.39, 0.29) is 29.2 Å². The number of benzene rings is 2. The summed E-state index contributed by atoms with van der Waals surface area (Å²) in [5, 5.41) is 0.697. The Bertz CT molecular complexity index is 1370. The zero-order chi connectivity index (χ0) is 30.6. The number of carbonyl (C=O) groups excluding carboxylic acids is 3. The molecule has 10 nitrogen and oxygen atoms in total. The van der Waals surface area contributed by atoms with Crippen LogP contribution in [-0.4, -0.2) is 71.7 Å². The number of anilines is 1. The van der Waals surface area contributed by atoms with Gasteiger partial charge in [0.2, 0.25) is 10.0 Å². The van der Waals surface area contributed by atoms with Crippen LogP contribution in [0, 0.1) is 0 Å². The Morgan fingerprint density at radius 1 is 1.07 bits per heavy atom. The highest BCUT2D eigenvalue weighted by atomic mass is 79.9. The molecule has 42 heavy (non-hydrogen) atoms. The van der Waals surface area contributed by atoms with Gasteiger partial charge in [0.15, 0.2) is 11.5 Å². The maximum absolute atomic E-state index is 14.1. The fourth-order valence-electron chi connectivity index (χ4n) is 4.68. The van der Waals surface area contributed by atoms with Gasteiger partial charge in [0.1, 0.15) is 12.4 Å². The van der Waals surface area contributed by atoms with Crippen molar-refractivity contribution in [3.05, 3.63) is 53.7 Å². The number of halogens is 4. The summed E-state index contributed by atoms with van der Waals surface area (Å²) < 4.78 is 25.9. The lowest BCUT2D eigenvalue weighted by molar-refractivity contribution is -0.148. The predicted molar refractivity (Wildman–Crippen MR) is 162 cm³/mol. The zero-order valence-electron chi connectivity index (χ0n) is 22.9.